The fourth-order valence-electron chi connectivity index (χ4n) is 2.38. The molecule has 0 rings (SSSR count). The fraction of sp³-hybridized carbons (Fsp3) is 0.941. The number of carbonyl (C=O) groups is 1. The highest BCUT2D eigenvalue weighted by molar-refractivity contribution is 8.00. The lowest BCUT2D eigenvalue weighted by Crippen LogP contribution is -2.07. The van der Waals surface area contributed by atoms with Gasteiger partial charge in [-0.2, -0.15) is 23.5 Å². The van der Waals surface area contributed by atoms with Crippen LogP contribution in [0.3, 0.4) is 0 Å². The summed E-state index contributed by atoms with van der Waals surface area (Å²) in [5.41, 5.74) is 0. The van der Waals surface area contributed by atoms with Crippen LogP contribution in [0.2, 0.25) is 0 Å². The summed E-state index contributed by atoms with van der Waals surface area (Å²) in [6, 6.07) is 0. The van der Waals surface area contributed by atoms with Gasteiger partial charge in [0, 0.05) is 11.7 Å². The van der Waals surface area contributed by atoms with Crippen LogP contribution >= 0.6 is 40.0 Å². The van der Waals surface area contributed by atoms with Gasteiger partial charge in [-0.1, -0.05) is 22.9 Å². The smallest absolute Gasteiger partial charge is 0.303 e. The number of carboxylic acid groups (broad SMARTS) is 1. The van der Waals surface area contributed by atoms with Gasteiger partial charge in [0.25, 0.3) is 0 Å². The Morgan fingerprint density at radius 2 is 1.73 bits per heavy atom. The van der Waals surface area contributed by atoms with Crippen LogP contribution in [0.25, 0.3) is 0 Å². The van der Waals surface area contributed by atoms with Crippen molar-refractivity contribution in [2.45, 2.75) is 50.2 Å². The molecule has 0 fully saturated rings. The van der Waals surface area contributed by atoms with E-state index in [2.05, 4.69) is 0 Å². The molecule has 0 spiro atoms. The Balaban J connectivity index is 3.94. The molecule has 0 aliphatic rings. The van der Waals surface area contributed by atoms with Gasteiger partial charge < -0.3 is 20.4 Å². The highest BCUT2D eigenvalue weighted by Gasteiger charge is 2.11. The molecule has 0 amide bonds. The van der Waals surface area contributed by atoms with Crippen molar-refractivity contribution in [2.24, 2.45) is 0 Å². The molecule has 0 aromatic heterocycles. The van der Waals surface area contributed by atoms with E-state index in [1.165, 1.54) is 6.42 Å². The lowest BCUT2D eigenvalue weighted by atomic mass is 10.1. The van der Waals surface area contributed by atoms with Crippen molar-refractivity contribution in [3.05, 3.63) is 0 Å². The van der Waals surface area contributed by atoms with Gasteiger partial charge >= 0.3 is 5.97 Å². The quantitative estimate of drug-likeness (QED) is 0.167. The third kappa shape index (κ3) is 18.3. The van der Waals surface area contributed by atoms with Crippen LogP contribution < -0.4 is 0 Å². The maximum absolute atomic E-state index is 10.6. The average molecular weight is 447 g/mol. The normalized spacial score (nSPS) is 13.1. The highest BCUT2D eigenvalue weighted by Crippen LogP contribution is 2.34. The highest BCUT2D eigenvalue weighted by atomic mass is 32.2. The lowest BCUT2D eigenvalue weighted by Gasteiger charge is -2.17. The average Bonchev–Trinajstić information content (AvgIpc) is 2.63. The summed E-state index contributed by atoms with van der Waals surface area (Å²) in [6.07, 6.45) is 8.98. The standard InChI is InChI=1S/C17H36O5P2S2/c18-13-23-8-3-10-25-12-7-16(5-1-2-6-17(21)22)26-11-4-9-24(14-19)15-20/h16,18-20,23H,1-15H2,(H,21,22). The van der Waals surface area contributed by atoms with Gasteiger partial charge in [-0.3, -0.25) is 4.79 Å². The first-order chi connectivity index (χ1) is 12.6. The van der Waals surface area contributed by atoms with Crippen molar-refractivity contribution in [3.63, 3.8) is 0 Å². The third-order valence-corrected chi connectivity index (χ3v) is 9.13. The van der Waals surface area contributed by atoms with E-state index in [-0.39, 0.29) is 19.1 Å². The van der Waals surface area contributed by atoms with E-state index in [0.717, 1.165) is 61.7 Å². The summed E-state index contributed by atoms with van der Waals surface area (Å²) in [4.78, 5) is 10.6. The summed E-state index contributed by atoms with van der Waals surface area (Å²) >= 11 is 3.95. The van der Waals surface area contributed by atoms with Crippen LogP contribution in [0.4, 0.5) is 0 Å². The minimum Gasteiger partial charge on any atom is -0.481 e. The van der Waals surface area contributed by atoms with Crippen LogP contribution in [0.5, 0.6) is 0 Å². The van der Waals surface area contributed by atoms with E-state index in [0.29, 0.717) is 20.2 Å². The molecule has 0 aliphatic carbocycles. The van der Waals surface area contributed by atoms with Gasteiger partial charge in [-0.25, -0.2) is 0 Å². The monoisotopic (exact) mass is 446 g/mol. The Labute approximate surface area is 170 Å². The molecular weight excluding hydrogens is 410 g/mol. The Kier molecular flexibility index (Phi) is 21.4. The van der Waals surface area contributed by atoms with Crippen LogP contribution in [0.1, 0.15) is 44.9 Å². The summed E-state index contributed by atoms with van der Waals surface area (Å²) in [5.74, 6) is 2.62. The predicted molar refractivity (Wildman–Crippen MR) is 120 cm³/mol. The van der Waals surface area contributed by atoms with Gasteiger partial charge in [-0.15, -0.1) is 0 Å². The molecule has 156 valence electrons. The summed E-state index contributed by atoms with van der Waals surface area (Å²) < 4.78 is 0. The van der Waals surface area contributed by atoms with Crippen LogP contribution in [0.15, 0.2) is 0 Å². The van der Waals surface area contributed by atoms with Gasteiger partial charge in [0.1, 0.15) is 0 Å². The maximum Gasteiger partial charge on any atom is 0.303 e. The van der Waals surface area contributed by atoms with Crippen molar-refractivity contribution in [3.8, 4) is 0 Å². The molecule has 0 saturated heterocycles. The number of hydrogen-bond acceptors (Lipinski definition) is 6. The second-order valence-electron chi connectivity index (χ2n) is 6.08. The van der Waals surface area contributed by atoms with E-state index in [9.17, 15) is 4.79 Å². The van der Waals surface area contributed by atoms with Crippen molar-refractivity contribution in [1.29, 1.82) is 0 Å². The number of hydrogen-bond donors (Lipinski definition) is 4. The first kappa shape index (κ1) is 26.9. The zero-order valence-corrected chi connectivity index (χ0v) is 19.2. The summed E-state index contributed by atoms with van der Waals surface area (Å²) in [5, 5.41) is 36.4. The molecule has 5 nitrogen and oxygen atoms in total. The SMILES string of the molecule is O=C(O)CCCCC(CCSCCCPCO)SCCCP(CO)CO. The molecular formula is C17H36O5P2S2. The van der Waals surface area contributed by atoms with Gasteiger partial charge in [0.05, 0.1) is 19.0 Å². The van der Waals surface area contributed by atoms with E-state index >= 15 is 0 Å². The van der Waals surface area contributed by atoms with Crippen molar-refractivity contribution < 1.29 is 25.2 Å². The third-order valence-electron chi connectivity index (χ3n) is 3.88. The van der Waals surface area contributed by atoms with Crippen LogP contribution in [0, 0.1) is 0 Å². The zero-order chi connectivity index (χ0) is 19.5. The zero-order valence-electron chi connectivity index (χ0n) is 15.6. The lowest BCUT2D eigenvalue weighted by molar-refractivity contribution is -0.137. The number of carboxylic acids is 1. The van der Waals surface area contributed by atoms with Crippen molar-refractivity contribution in [2.75, 3.05) is 48.6 Å². The second kappa shape index (κ2) is 20.6. The van der Waals surface area contributed by atoms with E-state index < -0.39 is 13.9 Å². The Hall–Kier alpha value is 0.910. The summed E-state index contributed by atoms with van der Waals surface area (Å²) in [7, 11) is 0.0549. The van der Waals surface area contributed by atoms with E-state index in [4.69, 9.17) is 20.4 Å². The largest absolute Gasteiger partial charge is 0.481 e. The van der Waals surface area contributed by atoms with Crippen LogP contribution in [-0.4, -0.2) is 80.3 Å². The number of aliphatic hydroxyl groups excluding tert-OH is 3. The molecule has 2 unspecified atom stereocenters. The fourth-order valence-corrected chi connectivity index (χ4v) is 6.83. The van der Waals surface area contributed by atoms with Crippen LogP contribution in [-0.2, 0) is 4.79 Å². The predicted octanol–water partition coefficient (Wildman–Crippen LogP) is 3.65. The maximum atomic E-state index is 10.6. The Bertz CT molecular complexity index is 324. The Morgan fingerprint density at radius 1 is 0.962 bits per heavy atom. The molecule has 0 radical (unpaired) electrons. The number of rotatable bonds is 20. The first-order valence-electron chi connectivity index (χ1n) is 9.30. The molecule has 0 aromatic rings. The second-order valence-corrected chi connectivity index (χ2v) is 12.4. The topological polar surface area (TPSA) is 98.0 Å². The number of aliphatic hydroxyl groups is 3. The van der Waals surface area contributed by atoms with Crippen molar-refractivity contribution >= 4 is 46.0 Å². The first-order valence-corrected chi connectivity index (χ1v) is 14.8. The molecule has 0 aliphatic heterocycles. The number of thioether (sulfide) groups is 2. The molecule has 9 heteroatoms. The van der Waals surface area contributed by atoms with E-state index in [1.54, 1.807) is 0 Å². The molecule has 0 heterocycles. The molecule has 2 atom stereocenters. The van der Waals surface area contributed by atoms with Gasteiger partial charge in [0.15, 0.2) is 0 Å². The molecule has 0 saturated carbocycles. The molecule has 0 aromatic carbocycles. The van der Waals surface area contributed by atoms with Crippen molar-refractivity contribution in [1.82, 2.24) is 0 Å². The van der Waals surface area contributed by atoms with Gasteiger partial charge in [-0.05, 0) is 61.7 Å². The molecule has 0 bridgehead atoms. The number of unbranched alkanes of at least 4 members (excludes halogenated alkanes) is 1. The summed E-state index contributed by atoms with van der Waals surface area (Å²) in [6.45, 7) is 0. The number of aliphatic carboxylic acids is 1. The molecule has 26 heavy (non-hydrogen) atoms. The van der Waals surface area contributed by atoms with Gasteiger partial charge in [0.2, 0.25) is 0 Å². The van der Waals surface area contributed by atoms with E-state index in [1.807, 2.05) is 23.5 Å². The Morgan fingerprint density at radius 3 is 2.38 bits per heavy atom. The molecule has 4 N–H and O–H groups in total. The minimum absolute atomic E-state index is 0.114. The minimum atomic E-state index is -0.713.